The first-order valence-corrected chi connectivity index (χ1v) is 7.88. The van der Waals surface area contributed by atoms with E-state index in [1.165, 1.54) is 5.56 Å². The van der Waals surface area contributed by atoms with E-state index in [4.69, 9.17) is 0 Å². The van der Waals surface area contributed by atoms with Gasteiger partial charge < -0.3 is 5.32 Å². The first kappa shape index (κ1) is 15.5. The van der Waals surface area contributed by atoms with Gasteiger partial charge in [-0.25, -0.2) is 0 Å². The average Bonchev–Trinajstić information content (AvgIpc) is 2.81. The summed E-state index contributed by atoms with van der Waals surface area (Å²) in [6, 6.07) is 10.0. The molecule has 1 aromatic carbocycles. The molecule has 2 aromatic rings. The van der Waals surface area contributed by atoms with Crippen LogP contribution in [-0.4, -0.2) is 5.91 Å². The second kappa shape index (κ2) is 6.27. The minimum atomic E-state index is -0.0977. The lowest BCUT2D eigenvalue weighted by Gasteiger charge is -2.22. The number of carbonyl (C=O) groups is 1. The van der Waals surface area contributed by atoms with Crippen molar-refractivity contribution < 1.29 is 4.79 Å². The number of amides is 1. The molecule has 1 heterocycles. The highest BCUT2D eigenvalue weighted by Crippen LogP contribution is 2.29. The summed E-state index contributed by atoms with van der Waals surface area (Å²) in [7, 11) is 0. The molecule has 3 heteroatoms. The second-order valence-electron chi connectivity index (χ2n) is 6.09. The molecule has 0 unspecified atom stereocenters. The SMILES string of the molecule is Cc1ccsc1/C=C/C(=O)Nc1ccccc1C(C)(C)C. The lowest BCUT2D eigenvalue weighted by Crippen LogP contribution is -2.17. The molecule has 0 aliphatic carbocycles. The summed E-state index contributed by atoms with van der Waals surface area (Å²) in [5.74, 6) is -0.0977. The van der Waals surface area contributed by atoms with Crippen LogP contribution in [0.4, 0.5) is 5.69 Å². The monoisotopic (exact) mass is 299 g/mol. The molecule has 110 valence electrons. The van der Waals surface area contributed by atoms with Crippen LogP contribution >= 0.6 is 11.3 Å². The van der Waals surface area contributed by atoms with E-state index in [2.05, 4.69) is 38.2 Å². The molecule has 0 fully saturated rings. The fraction of sp³-hybridized carbons (Fsp3) is 0.278. The standard InChI is InChI=1S/C18H21NOS/c1-13-11-12-21-16(13)9-10-17(20)19-15-8-6-5-7-14(15)18(2,3)4/h5-12H,1-4H3,(H,19,20)/b10-9+. The summed E-state index contributed by atoms with van der Waals surface area (Å²) in [5, 5.41) is 5.01. The van der Waals surface area contributed by atoms with E-state index in [0.717, 1.165) is 16.1 Å². The largest absolute Gasteiger partial charge is 0.322 e. The molecule has 21 heavy (non-hydrogen) atoms. The van der Waals surface area contributed by atoms with Gasteiger partial charge in [-0.2, -0.15) is 0 Å². The van der Waals surface area contributed by atoms with Crippen molar-refractivity contribution in [3.63, 3.8) is 0 Å². The Hall–Kier alpha value is -1.87. The zero-order valence-electron chi connectivity index (χ0n) is 12.9. The van der Waals surface area contributed by atoms with E-state index < -0.39 is 0 Å². The van der Waals surface area contributed by atoms with Crippen molar-refractivity contribution in [1.29, 1.82) is 0 Å². The maximum Gasteiger partial charge on any atom is 0.248 e. The van der Waals surface area contributed by atoms with E-state index in [1.807, 2.05) is 36.6 Å². The highest BCUT2D eigenvalue weighted by Gasteiger charge is 2.17. The molecule has 1 amide bonds. The number of para-hydroxylation sites is 1. The molecule has 1 N–H and O–H groups in total. The van der Waals surface area contributed by atoms with Gasteiger partial charge >= 0.3 is 0 Å². The molecule has 2 nitrogen and oxygen atoms in total. The van der Waals surface area contributed by atoms with E-state index in [1.54, 1.807) is 17.4 Å². The fourth-order valence-electron chi connectivity index (χ4n) is 2.13. The molecular formula is C18H21NOS. The average molecular weight is 299 g/mol. The van der Waals surface area contributed by atoms with Gasteiger partial charge in [-0.05, 0) is 47.1 Å². The highest BCUT2D eigenvalue weighted by atomic mass is 32.1. The van der Waals surface area contributed by atoms with Crippen LogP contribution < -0.4 is 5.32 Å². The summed E-state index contributed by atoms with van der Waals surface area (Å²) in [6.07, 6.45) is 3.47. The zero-order chi connectivity index (χ0) is 15.5. The summed E-state index contributed by atoms with van der Waals surface area (Å²) in [6.45, 7) is 8.47. The van der Waals surface area contributed by atoms with E-state index in [0.29, 0.717) is 0 Å². The molecule has 0 saturated heterocycles. The molecule has 0 bridgehead atoms. The number of hydrogen-bond donors (Lipinski definition) is 1. The van der Waals surface area contributed by atoms with E-state index in [-0.39, 0.29) is 11.3 Å². The Kier molecular flexibility index (Phi) is 4.63. The van der Waals surface area contributed by atoms with Crippen molar-refractivity contribution in [2.75, 3.05) is 5.32 Å². The highest BCUT2D eigenvalue weighted by molar-refractivity contribution is 7.11. The van der Waals surface area contributed by atoms with Gasteiger partial charge in [-0.15, -0.1) is 11.3 Å². The smallest absolute Gasteiger partial charge is 0.248 e. The minimum absolute atomic E-state index is 0.00206. The molecule has 2 rings (SSSR count). The van der Waals surface area contributed by atoms with Gasteiger partial charge in [-0.1, -0.05) is 39.0 Å². The van der Waals surface area contributed by atoms with Crippen LogP contribution in [-0.2, 0) is 10.2 Å². The third kappa shape index (κ3) is 4.05. The summed E-state index contributed by atoms with van der Waals surface area (Å²) in [4.78, 5) is 13.2. The molecule has 0 radical (unpaired) electrons. The van der Waals surface area contributed by atoms with Gasteiger partial charge in [0.25, 0.3) is 0 Å². The molecule has 0 atom stereocenters. The number of anilines is 1. The number of thiophene rings is 1. The molecular weight excluding hydrogens is 278 g/mol. The lowest BCUT2D eigenvalue weighted by atomic mass is 9.86. The summed E-state index contributed by atoms with van der Waals surface area (Å²) < 4.78 is 0. The van der Waals surface area contributed by atoms with Gasteiger partial charge in [0.1, 0.15) is 0 Å². The second-order valence-corrected chi connectivity index (χ2v) is 7.03. The van der Waals surface area contributed by atoms with Crippen LogP contribution in [0.15, 0.2) is 41.8 Å². The molecule has 0 spiro atoms. The van der Waals surface area contributed by atoms with Crippen molar-refractivity contribution in [3.05, 3.63) is 57.8 Å². The van der Waals surface area contributed by atoms with Crippen molar-refractivity contribution in [2.24, 2.45) is 0 Å². The van der Waals surface area contributed by atoms with Crippen molar-refractivity contribution in [3.8, 4) is 0 Å². The number of carbonyl (C=O) groups excluding carboxylic acids is 1. The van der Waals surface area contributed by atoms with Crippen LogP contribution in [0, 0.1) is 6.92 Å². The number of benzene rings is 1. The summed E-state index contributed by atoms with van der Waals surface area (Å²) in [5.41, 5.74) is 3.21. The maximum atomic E-state index is 12.1. The van der Waals surface area contributed by atoms with Gasteiger partial charge in [-0.3, -0.25) is 4.79 Å². The Morgan fingerprint density at radius 2 is 1.90 bits per heavy atom. The quantitative estimate of drug-likeness (QED) is 0.793. The Labute approximate surface area is 130 Å². The van der Waals surface area contributed by atoms with E-state index in [9.17, 15) is 4.79 Å². The fourth-order valence-corrected chi connectivity index (χ4v) is 2.95. The Balaban J connectivity index is 2.14. The minimum Gasteiger partial charge on any atom is -0.322 e. The van der Waals surface area contributed by atoms with Gasteiger partial charge in [0.2, 0.25) is 5.91 Å². The Bertz CT molecular complexity index is 662. The van der Waals surface area contributed by atoms with Gasteiger partial charge in [0.05, 0.1) is 0 Å². The third-order valence-electron chi connectivity index (χ3n) is 3.28. The van der Waals surface area contributed by atoms with E-state index >= 15 is 0 Å². The first-order chi connectivity index (χ1) is 9.88. The Morgan fingerprint density at radius 3 is 2.52 bits per heavy atom. The third-order valence-corrected chi connectivity index (χ3v) is 4.26. The maximum absolute atomic E-state index is 12.1. The Morgan fingerprint density at radius 1 is 1.19 bits per heavy atom. The van der Waals surface area contributed by atoms with Crippen molar-refractivity contribution in [1.82, 2.24) is 0 Å². The lowest BCUT2D eigenvalue weighted by molar-refractivity contribution is -0.111. The van der Waals surface area contributed by atoms with Gasteiger partial charge in [0.15, 0.2) is 0 Å². The van der Waals surface area contributed by atoms with Crippen LogP contribution in [0.3, 0.4) is 0 Å². The predicted molar refractivity (Wildman–Crippen MR) is 91.9 cm³/mol. The van der Waals surface area contributed by atoms with Crippen LogP contribution in [0.2, 0.25) is 0 Å². The first-order valence-electron chi connectivity index (χ1n) is 7.00. The number of rotatable bonds is 3. The molecule has 1 aromatic heterocycles. The normalized spacial score (nSPS) is 11.8. The van der Waals surface area contributed by atoms with Crippen LogP contribution in [0.25, 0.3) is 6.08 Å². The predicted octanol–water partition coefficient (Wildman–Crippen LogP) is 5.01. The van der Waals surface area contributed by atoms with Crippen molar-refractivity contribution >= 4 is 29.0 Å². The van der Waals surface area contributed by atoms with Crippen LogP contribution in [0.1, 0.15) is 36.8 Å². The topological polar surface area (TPSA) is 29.1 Å². The van der Waals surface area contributed by atoms with Crippen molar-refractivity contribution in [2.45, 2.75) is 33.1 Å². The van der Waals surface area contributed by atoms with Crippen LogP contribution in [0.5, 0.6) is 0 Å². The molecule has 0 saturated carbocycles. The summed E-state index contributed by atoms with van der Waals surface area (Å²) >= 11 is 1.64. The molecule has 0 aliphatic heterocycles. The molecule has 0 aliphatic rings. The number of nitrogens with one attached hydrogen (secondary N) is 1. The number of hydrogen-bond acceptors (Lipinski definition) is 2. The number of aryl methyl sites for hydroxylation is 1. The van der Waals surface area contributed by atoms with Gasteiger partial charge in [0, 0.05) is 16.6 Å². The zero-order valence-corrected chi connectivity index (χ0v) is 13.8.